The number of hydrogen-bond donors (Lipinski definition) is 4. The zero-order valence-corrected chi connectivity index (χ0v) is 9.81. The monoisotopic (exact) mass is 243 g/mol. The van der Waals surface area contributed by atoms with Crippen LogP contribution in [0.4, 0.5) is 11.4 Å². The summed E-state index contributed by atoms with van der Waals surface area (Å²) in [5.41, 5.74) is 13.8. The minimum absolute atomic E-state index is 0.0336. The Bertz CT molecular complexity index is 725. The van der Waals surface area contributed by atoms with Crippen LogP contribution in [0.5, 0.6) is 11.5 Å². The summed E-state index contributed by atoms with van der Waals surface area (Å²) in [7, 11) is 1.89. The van der Waals surface area contributed by atoms with E-state index in [-0.39, 0.29) is 11.5 Å². The maximum Gasteiger partial charge on any atom is 0.139 e. The molecule has 0 atom stereocenters. The second-order valence-corrected chi connectivity index (χ2v) is 4.42. The van der Waals surface area contributed by atoms with Gasteiger partial charge in [0.05, 0.1) is 22.4 Å². The van der Waals surface area contributed by atoms with Crippen molar-refractivity contribution in [3.05, 3.63) is 24.3 Å². The van der Waals surface area contributed by atoms with Gasteiger partial charge in [-0.05, 0) is 24.3 Å². The van der Waals surface area contributed by atoms with Gasteiger partial charge in [0.2, 0.25) is 0 Å². The Morgan fingerprint density at radius 3 is 1.61 bits per heavy atom. The van der Waals surface area contributed by atoms with Gasteiger partial charge >= 0.3 is 0 Å². The molecule has 0 aliphatic rings. The number of phenols is 2. The molecule has 0 fully saturated rings. The number of nitrogens with zero attached hydrogens (tertiary/aromatic N) is 1. The number of nitrogen functional groups attached to an aromatic ring is 2. The van der Waals surface area contributed by atoms with Gasteiger partial charge < -0.3 is 26.2 Å². The van der Waals surface area contributed by atoms with E-state index < -0.39 is 0 Å². The number of aromatic hydroxyl groups is 2. The van der Waals surface area contributed by atoms with Gasteiger partial charge in [0, 0.05) is 17.8 Å². The van der Waals surface area contributed by atoms with Crippen molar-refractivity contribution in [1.82, 2.24) is 4.57 Å². The molecule has 5 nitrogen and oxygen atoms in total. The largest absolute Gasteiger partial charge is 0.506 e. The summed E-state index contributed by atoms with van der Waals surface area (Å²) in [4.78, 5) is 0. The molecule has 1 heterocycles. The highest BCUT2D eigenvalue weighted by molar-refractivity contribution is 6.10. The number of phenolic OH excluding ortho intramolecular Hbond substituents is 2. The summed E-state index contributed by atoms with van der Waals surface area (Å²) in [6.07, 6.45) is 0. The van der Waals surface area contributed by atoms with E-state index >= 15 is 0 Å². The molecule has 1 aromatic heterocycles. The topological polar surface area (TPSA) is 97.4 Å². The highest BCUT2D eigenvalue weighted by atomic mass is 16.3. The van der Waals surface area contributed by atoms with Gasteiger partial charge in [-0.25, -0.2) is 0 Å². The van der Waals surface area contributed by atoms with E-state index in [1.54, 1.807) is 24.3 Å². The average Bonchev–Trinajstić information content (AvgIpc) is 2.56. The zero-order valence-electron chi connectivity index (χ0n) is 9.81. The number of nitrogens with two attached hydrogens (primary N) is 2. The van der Waals surface area contributed by atoms with E-state index in [4.69, 9.17) is 11.5 Å². The van der Waals surface area contributed by atoms with Crippen LogP contribution in [0, 0.1) is 0 Å². The van der Waals surface area contributed by atoms with Crippen LogP contribution in [0.2, 0.25) is 0 Å². The number of rotatable bonds is 0. The van der Waals surface area contributed by atoms with Crippen molar-refractivity contribution < 1.29 is 10.2 Å². The van der Waals surface area contributed by atoms with Crippen molar-refractivity contribution in [1.29, 1.82) is 0 Å². The third-order valence-electron chi connectivity index (χ3n) is 3.30. The zero-order chi connectivity index (χ0) is 13.0. The third-order valence-corrected chi connectivity index (χ3v) is 3.30. The van der Waals surface area contributed by atoms with Crippen LogP contribution in [0.3, 0.4) is 0 Å². The van der Waals surface area contributed by atoms with Crippen molar-refractivity contribution >= 4 is 33.2 Å². The summed E-state index contributed by atoms with van der Waals surface area (Å²) in [6, 6.07) is 6.61. The first-order valence-electron chi connectivity index (χ1n) is 5.48. The Morgan fingerprint density at radius 1 is 0.833 bits per heavy atom. The molecule has 2 aromatic carbocycles. The average molecular weight is 243 g/mol. The fraction of sp³-hybridized carbons (Fsp3) is 0.0769. The molecule has 0 unspecified atom stereocenters. The van der Waals surface area contributed by atoms with Gasteiger partial charge in [0.15, 0.2) is 0 Å². The number of benzene rings is 2. The molecule has 3 rings (SSSR count). The van der Waals surface area contributed by atoms with Gasteiger partial charge in [-0.15, -0.1) is 0 Å². The predicted molar refractivity (Wildman–Crippen MR) is 72.6 cm³/mol. The van der Waals surface area contributed by atoms with Gasteiger partial charge in [0.1, 0.15) is 11.5 Å². The molecule has 0 aliphatic heterocycles. The number of hydrogen-bond acceptors (Lipinski definition) is 4. The van der Waals surface area contributed by atoms with Crippen molar-refractivity contribution in [2.24, 2.45) is 7.05 Å². The number of fused-ring (bicyclic) bond motifs is 3. The molecular formula is C13H13N3O2. The van der Waals surface area contributed by atoms with Crippen molar-refractivity contribution in [3.63, 3.8) is 0 Å². The fourth-order valence-electron chi connectivity index (χ4n) is 2.30. The summed E-state index contributed by atoms with van der Waals surface area (Å²) in [5.74, 6) is 0.0672. The van der Waals surface area contributed by atoms with E-state index in [1.165, 1.54) is 0 Å². The second kappa shape index (κ2) is 3.22. The van der Waals surface area contributed by atoms with E-state index in [9.17, 15) is 10.2 Å². The van der Waals surface area contributed by atoms with Crippen LogP contribution in [0.1, 0.15) is 0 Å². The molecule has 0 saturated carbocycles. The second-order valence-electron chi connectivity index (χ2n) is 4.42. The Balaban J connectivity index is 2.58. The van der Waals surface area contributed by atoms with Crippen molar-refractivity contribution in [2.75, 3.05) is 11.5 Å². The minimum Gasteiger partial charge on any atom is -0.506 e. The number of aryl methyl sites for hydroxylation is 1. The summed E-state index contributed by atoms with van der Waals surface area (Å²) in [5, 5.41) is 21.0. The first-order valence-corrected chi connectivity index (χ1v) is 5.48. The first kappa shape index (κ1) is 10.6. The lowest BCUT2D eigenvalue weighted by Gasteiger charge is -2.01. The van der Waals surface area contributed by atoms with Crippen LogP contribution in [0.15, 0.2) is 24.3 Å². The Kier molecular flexibility index (Phi) is 1.90. The number of anilines is 2. The van der Waals surface area contributed by atoms with Gasteiger partial charge in [-0.3, -0.25) is 0 Å². The van der Waals surface area contributed by atoms with Crippen LogP contribution < -0.4 is 11.5 Å². The lowest BCUT2D eigenvalue weighted by atomic mass is 10.1. The fourth-order valence-corrected chi connectivity index (χ4v) is 2.30. The molecule has 0 bridgehead atoms. The SMILES string of the molecule is Cn1c2cc(N)c(O)cc2c2cc(O)c(N)cc21. The first-order chi connectivity index (χ1) is 8.49. The van der Waals surface area contributed by atoms with Gasteiger partial charge in [-0.1, -0.05) is 0 Å². The number of aromatic nitrogens is 1. The highest BCUT2D eigenvalue weighted by Crippen LogP contribution is 2.37. The minimum atomic E-state index is 0.0336. The van der Waals surface area contributed by atoms with Gasteiger partial charge in [0.25, 0.3) is 0 Å². The normalized spacial score (nSPS) is 11.4. The molecule has 3 aromatic rings. The lowest BCUT2D eigenvalue weighted by Crippen LogP contribution is -1.91. The van der Waals surface area contributed by atoms with Crippen LogP contribution >= 0.6 is 0 Å². The molecule has 0 spiro atoms. The van der Waals surface area contributed by atoms with E-state index in [2.05, 4.69) is 0 Å². The molecule has 18 heavy (non-hydrogen) atoms. The Hall–Kier alpha value is -2.56. The molecular weight excluding hydrogens is 230 g/mol. The maximum atomic E-state index is 9.69. The van der Waals surface area contributed by atoms with Gasteiger partial charge in [-0.2, -0.15) is 0 Å². The summed E-state index contributed by atoms with van der Waals surface area (Å²) in [6.45, 7) is 0. The van der Waals surface area contributed by atoms with E-state index in [0.29, 0.717) is 11.4 Å². The quantitative estimate of drug-likeness (QED) is 0.358. The third kappa shape index (κ3) is 1.21. The van der Waals surface area contributed by atoms with E-state index in [1.807, 2.05) is 11.6 Å². The molecule has 6 N–H and O–H groups in total. The summed E-state index contributed by atoms with van der Waals surface area (Å²) < 4.78 is 1.93. The maximum absolute atomic E-state index is 9.69. The molecule has 0 aliphatic carbocycles. The van der Waals surface area contributed by atoms with E-state index in [0.717, 1.165) is 21.8 Å². The van der Waals surface area contributed by atoms with Crippen LogP contribution in [0.25, 0.3) is 21.8 Å². The summed E-state index contributed by atoms with van der Waals surface area (Å²) >= 11 is 0. The van der Waals surface area contributed by atoms with Crippen molar-refractivity contribution in [2.45, 2.75) is 0 Å². The smallest absolute Gasteiger partial charge is 0.139 e. The molecule has 0 amide bonds. The Morgan fingerprint density at radius 2 is 1.22 bits per heavy atom. The van der Waals surface area contributed by atoms with Crippen LogP contribution in [-0.4, -0.2) is 14.8 Å². The molecule has 92 valence electrons. The molecule has 0 saturated heterocycles. The van der Waals surface area contributed by atoms with Crippen LogP contribution in [-0.2, 0) is 7.05 Å². The molecule has 0 radical (unpaired) electrons. The standard InChI is InChI=1S/C13H13N3O2/c1-16-10-4-8(14)12(17)2-6(10)7-3-13(18)9(15)5-11(7)16/h2-5,17-18H,14-15H2,1H3. The Labute approximate surface area is 103 Å². The lowest BCUT2D eigenvalue weighted by molar-refractivity contribution is 0.478. The van der Waals surface area contributed by atoms with Crippen molar-refractivity contribution in [3.8, 4) is 11.5 Å². The molecule has 5 heteroatoms. The highest BCUT2D eigenvalue weighted by Gasteiger charge is 2.12. The predicted octanol–water partition coefficient (Wildman–Crippen LogP) is 1.91.